The summed E-state index contributed by atoms with van der Waals surface area (Å²) in [4.78, 5) is 25.6. The Morgan fingerprint density at radius 2 is 1.75 bits per heavy atom. The number of likely N-dealkylation sites (tertiary alicyclic amines) is 1. The van der Waals surface area contributed by atoms with Gasteiger partial charge in [-0.2, -0.15) is 0 Å². The highest BCUT2D eigenvalue weighted by Gasteiger charge is 2.16. The molecule has 7 heteroatoms. The number of nitrogens with zero attached hydrogens (tertiary/aromatic N) is 2. The highest BCUT2D eigenvalue weighted by atomic mass is 16.6. The van der Waals surface area contributed by atoms with Crippen molar-refractivity contribution in [3.8, 4) is 11.1 Å². The fourth-order valence-electron chi connectivity index (χ4n) is 4.07. The molecule has 1 amide bonds. The van der Waals surface area contributed by atoms with Crippen LogP contribution in [0.5, 0.6) is 0 Å². The van der Waals surface area contributed by atoms with E-state index in [1.165, 1.54) is 49.7 Å². The van der Waals surface area contributed by atoms with Gasteiger partial charge in [0.15, 0.2) is 0 Å². The number of nitro benzene ring substituents is 1. The molecule has 3 aromatic carbocycles. The van der Waals surface area contributed by atoms with Gasteiger partial charge in [0.1, 0.15) is 5.69 Å². The summed E-state index contributed by atoms with van der Waals surface area (Å²) in [7, 11) is 0. The highest BCUT2D eigenvalue weighted by Crippen LogP contribution is 2.26. The molecule has 1 heterocycles. The van der Waals surface area contributed by atoms with Gasteiger partial charge >= 0.3 is 0 Å². The molecule has 1 fully saturated rings. The molecule has 0 radical (unpaired) electrons. The van der Waals surface area contributed by atoms with E-state index in [4.69, 9.17) is 5.73 Å². The fraction of sp³-hybridized carbons (Fsp3) is 0.240. The van der Waals surface area contributed by atoms with Crippen molar-refractivity contribution in [2.24, 2.45) is 0 Å². The smallest absolute Gasteiger partial charge is 0.292 e. The number of nitrogen functional groups attached to an aromatic ring is 1. The second kappa shape index (κ2) is 9.62. The van der Waals surface area contributed by atoms with E-state index in [2.05, 4.69) is 34.5 Å². The van der Waals surface area contributed by atoms with Crippen LogP contribution in [0.15, 0.2) is 66.7 Å². The zero-order chi connectivity index (χ0) is 22.5. The van der Waals surface area contributed by atoms with Crippen molar-refractivity contribution in [1.82, 2.24) is 10.2 Å². The Balaban J connectivity index is 1.46. The maximum Gasteiger partial charge on any atom is 0.292 e. The summed E-state index contributed by atoms with van der Waals surface area (Å²) >= 11 is 0. The van der Waals surface area contributed by atoms with E-state index in [1.54, 1.807) is 0 Å². The SMILES string of the molecule is Nc1ccc(C(=O)NCc2ccccc2-c2ccc(CN3CCCC3)cc2)cc1[N+](=O)[O-]. The number of benzene rings is 3. The molecule has 0 spiro atoms. The van der Waals surface area contributed by atoms with Crippen LogP contribution in [-0.4, -0.2) is 28.8 Å². The first-order valence-corrected chi connectivity index (χ1v) is 10.7. The molecule has 1 aliphatic heterocycles. The van der Waals surface area contributed by atoms with Crippen molar-refractivity contribution in [3.05, 3.63) is 93.5 Å². The van der Waals surface area contributed by atoms with Crippen LogP contribution in [0.4, 0.5) is 11.4 Å². The summed E-state index contributed by atoms with van der Waals surface area (Å²) in [6.07, 6.45) is 2.56. The van der Waals surface area contributed by atoms with Crippen LogP contribution in [-0.2, 0) is 13.1 Å². The van der Waals surface area contributed by atoms with E-state index in [1.807, 2.05) is 24.3 Å². The van der Waals surface area contributed by atoms with Crippen molar-refractivity contribution in [2.75, 3.05) is 18.8 Å². The minimum atomic E-state index is -0.588. The van der Waals surface area contributed by atoms with Crippen LogP contribution in [0.3, 0.4) is 0 Å². The number of rotatable bonds is 7. The minimum Gasteiger partial charge on any atom is -0.393 e. The fourth-order valence-corrected chi connectivity index (χ4v) is 4.07. The monoisotopic (exact) mass is 430 g/mol. The van der Waals surface area contributed by atoms with Gasteiger partial charge in [0.05, 0.1) is 4.92 Å². The summed E-state index contributed by atoms with van der Waals surface area (Å²) in [5.74, 6) is -0.385. The molecular weight excluding hydrogens is 404 g/mol. The van der Waals surface area contributed by atoms with E-state index in [0.717, 1.165) is 23.2 Å². The van der Waals surface area contributed by atoms with E-state index >= 15 is 0 Å². The lowest BCUT2D eigenvalue weighted by Crippen LogP contribution is -2.23. The van der Waals surface area contributed by atoms with E-state index in [0.29, 0.717) is 6.54 Å². The largest absolute Gasteiger partial charge is 0.393 e. The number of nitrogens with two attached hydrogens (primary N) is 1. The number of nitro groups is 1. The number of carbonyl (C=O) groups is 1. The van der Waals surface area contributed by atoms with Crippen LogP contribution in [0.25, 0.3) is 11.1 Å². The van der Waals surface area contributed by atoms with Crippen LogP contribution in [0.2, 0.25) is 0 Å². The van der Waals surface area contributed by atoms with Crippen molar-refractivity contribution in [2.45, 2.75) is 25.9 Å². The lowest BCUT2D eigenvalue weighted by Gasteiger charge is -2.15. The van der Waals surface area contributed by atoms with Gasteiger partial charge in [-0.1, -0.05) is 48.5 Å². The summed E-state index contributed by atoms with van der Waals surface area (Å²) < 4.78 is 0. The summed E-state index contributed by atoms with van der Waals surface area (Å²) in [6, 6.07) is 20.5. The van der Waals surface area contributed by atoms with E-state index in [-0.39, 0.29) is 22.8 Å². The Labute approximate surface area is 187 Å². The normalized spacial score (nSPS) is 13.8. The average molecular weight is 431 g/mol. The standard InChI is InChI=1S/C25H26N4O3/c26-23-12-11-20(15-24(23)29(31)32)25(30)27-16-21-5-1-2-6-22(21)19-9-7-18(8-10-19)17-28-13-3-4-14-28/h1-2,5-12,15H,3-4,13-14,16-17,26H2,(H,27,30). The highest BCUT2D eigenvalue weighted by molar-refractivity contribution is 5.95. The van der Waals surface area contributed by atoms with E-state index < -0.39 is 4.92 Å². The number of amides is 1. The Morgan fingerprint density at radius 1 is 1.03 bits per heavy atom. The quantitative estimate of drug-likeness (QED) is 0.329. The molecule has 1 aliphatic rings. The molecule has 32 heavy (non-hydrogen) atoms. The van der Waals surface area contributed by atoms with Crippen molar-refractivity contribution in [1.29, 1.82) is 0 Å². The lowest BCUT2D eigenvalue weighted by molar-refractivity contribution is -0.383. The second-order valence-corrected chi connectivity index (χ2v) is 8.05. The van der Waals surface area contributed by atoms with E-state index in [9.17, 15) is 14.9 Å². The molecule has 1 saturated heterocycles. The molecule has 164 valence electrons. The first kappa shape index (κ1) is 21.5. The molecule has 0 saturated carbocycles. The third-order valence-corrected chi connectivity index (χ3v) is 5.82. The summed E-state index contributed by atoms with van der Waals surface area (Å²) in [6.45, 7) is 3.62. The molecule has 4 rings (SSSR count). The summed E-state index contributed by atoms with van der Waals surface area (Å²) in [5, 5.41) is 14.0. The van der Waals surface area contributed by atoms with Crippen LogP contribution in [0.1, 0.15) is 34.3 Å². The van der Waals surface area contributed by atoms with Gasteiger partial charge in [0.2, 0.25) is 0 Å². The molecular formula is C25H26N4O3. The number of hydrogen-bond donors (Lipinski definition) is 2. The zero-order valence-electron chi connectivity index (χ0n) is 17.8. The molecule has 0 unspecified atom stereocenters. The molecule has 0 aliphatic carbocycles. The Morgan fingerprint density at radius 3 is 2.47 bits per heavy atom. The van der Waals surface area contributed by atoms with Gasteiger partial charge in [0.25, 0.3) is 11.6 Å². The molecule has 3 N–H and O–H groups in total. The number of anilines is 1. The first-order chi connectivity index (χ1) is 15.5. The van der Waals surface area contributed by atoms with Gasteiger partial charge in [-0.3, -0.25) is 19.8 Å². The predicted octanol–water partition coefficient (Wildman–Crippen LogP) is 4.37. The first-order valence-electron chi connectivity index (χ1n) is 10.7. The van der Waals surface area contributed by atoms with Crippen LogP contribution < -0.4 is 11.1 Å². The minimum absolute atomic E-state index is 0.0325. The Bertz CT molecular complexity index is 1120. The lowest BCUT2D eigenvalue weighted by atomic mass is 9.98. The van der Waals surface area contributed by atoms with Gasteiger partial charge in [-0.25, -0.2) is 0 Å². The van der Waals surface area contributed by atoms with Gasteiger partial charge in [0, 0.05) is 24.7 Å². The van der Waals surface area contributed by atoms with Crippen molar-refractivity contribution in [3.63, 3.8) is 0 Å². The third kappa shape index (κ3) is 4.95. The molecule has 3 aromatic rings. The molecule has 0 aromatic heterocycles. The average Bonchev–Trinajstić information content (AvgIpc) is 3.31. The van der Waals surface area contributed by atoms with Crippen molar-refractivity contribution < 1.29 is 9.72 Å². The maximum absolute atomic E-state index is 12.6. The number of carbonyl (C=O) groups excluding carboxylic acids is 1. The topological polar surface area (TPSA) is 102 Å². The van der Waals surface area contributed by atoms with Crippen molar-refractivity contribution >= 4 is 17.3 Å². The van der Waals surface area contributed by atoms with Gasteiger partial charge in [-0.15, -0.1) is 0 Å². The Kier molecular flexibility index (Phi) is 6.47. The zero-order valence-corrected chi connectivity index (χ0v) is 17.8. The maximum atomic E-state index is 12.6. The molecule has 7 nitrogen and oxygen atoms in total. The summed E-state index contributed by atoms with van der Waals surface area (Å²) in [5.41, 5.74) is 9.98. The number of nitrogens with one attached hydrogen (secondary N) is 1. The van der Waals surface area contributed by atoms with Crippen LogP contribution in [0, 0.1) is 10.1 Å². The molecule has 0 atom stereocenters. The van der Waals surface area contributed by atoms with Gasteiger partial charge < -0.3 is 11.1 Å². The van der Waals surface area contributed by atoms with Gasteiger partial charge in [-0.05, 0) is 60.3 Å². The second-order valence-electron chi connectivity index (χ2n) is 8.05. The molecule has 0 bridgehead atoms. The predicted molar refractivity (Wildman–Crippen MR) is 125 cm³/mol. The Hall–Kier alpha value is -3.71. The third-order valence-electron chi connectivity index (χ3n) is 5.82. The van der Waals surface area contributed by atoms with Crippen LogP contribution >= 0.6 is 0 Å². The number of hydrogen-bond acceptors (Lipinski definition) is 5.